The van der Waals surface area contributed by atoms with Gasteiger partial charge < -0.3 is 10.2 Å². The molecule has 0 radical (unpaired) electrons. The molecule has 3 aromatic carbocycles. The summed E-state index contributed by atoms with van der Waals surface area (Å²) in [5, 5.41) is 3.48. The number of carbonyl (C=O) groups is 2. The molecule has 32 heavy (non-hydrogen) atoms. The van der Waals surface area contributed by atoms with Gasteiger partial charge in [0.2, 0.25) is 11.8 Å². The average molecular weight is 467 g/mol. The number of carbonyl (C=O) groups excluding carboxylic acids is 2. The highest BCUT2D eigenvalue weighted by molar-refractivity contribution is 8.00. The van der Waals surface area contributed by atoms with E-state index < -0.39 is 6.04 Å². The largest absolute Gasteiger partial charge is 0.355 e. The summed E-state index contributed by atoms with van der Waals surface area (Å²) in [5.74, 6) is -0.0356. The van der Waals surface area contributed by atoms with E-state index in [4.69, 9.17) is 11.6 Å². The zero-order valence-electron chi connectivity index (χ0n) is 18.0. The van der Waals surface area contributed by atoms with Crippen molar-refractivity contribution in [2.24, 2.45) is 0 Å². The predicted octanol–water partition coefficient (Wildman–Crippen LogP) is 5.21. The molecule has 0 fully saturated rings. The molecule has 0 saturated carbocycles. The molecule has 3 aromatic rings. The van der Waals surface area contributed by atoms with Crippen LogP contribution in [0, 0.1) is 0 Å². The highest BCUT2D eigenvalue weighted by Gasteiger charge is 2.30. The third kappa shape index (κ3) is 6.87. The van der Waals surface area contributed by atoms with Gasteiger partial charge in [-0.2, -0.15) is 0 Å². The molecule has 0 aliphatic heterocycles. The lowest BCUT2D eigenvalue weighted by Crippen LogP contribution is -2.51. The average Bonchev–Trinajstić information content (AvgIpc) is 2.82. The van der Waals surface area contributed by atoms with Crippen molar-refractivity contribution in [3.05, 3.63) is 101 Å². The van der Waals surface area contributed by atoms with E-state index in [1.165, 1.54) is 11.8 Å². The Labute approximate surface area is 199 Å². The number of nitrogens with zero attached hydrogens (tertiary/aromatic N) is 1. The summed E-state index contributed by atoms with van der Waals surface area (Å²) in [4.78, 5) is 29.2. The van der Waals surface area contributed by atoms with Crippen LogP contribution in [0.2, 0.25) is 5.02 Å². The maximum Gasteiger partial charge on any atom is 0.243 e. The molecule has 0 bridgehead atoms. The number of rotatable bonds is 10. The summed E-state index contributed by atoms with van der Waals surface area (Å²) in [6.45, 7) is 2.64. The molecular weight excluding hydrogens is 440 g/mol. The molecular formula is C26H27ClN2O2S. The fourth-order valence-electron chi connectivity index (χ4n) is 3.40. The van der Waals surface area contributed by atoms with Crippen molar-refractivity contribution in [2.45, 2.75) is 30.8 Å². The summed E-state index contributed by atoms with van der Waals surface area (Å²) in [7, 11) is 0. The van der Waals surface area contributed by atoms with E-state index in [0.29, 0.717) is 18.0 Å². The van der Waals surface area contributed by atoms with Crippen LogP contribution < -0.4 is 5.32 Å². The molecule has 166 valence electrons. The monoisotopic (exact) mass is 466 g/mol. The van der Waals surface area contributed by atoms with Crippen molar-refractivity contribution < 1.29 is 9.59 Å². The van der Waals surface area contributed by atoms with Gasteiger partial charge in [-0.1, -0.05) is 78.3 Å². The Morgan fingerprint density at radius 1 is 0.938 bits per heavy atom. The predicted molar refractivity (Wildman–Crippen MR) is 132 cm³/mol. The van der Waals surface area contributed by atoms with Crippen LogP contribution in [0.25, 0.3) is 0 Å². The molecule has 0 spiro atoms. The quantitative estimate of drug-likeness (QED) is 0.417. The molecule has 0 heterocycles. The van der Waals surface area contributed by atoms with Gasteiger partial charge in [-0.05, 0) is 36.2 Å². The second-order valence-electron chi connectivity index (χ2n) is 7.31. The molecule has 0 unspecified atom stereocenters. The van der Waals surface area contributed by atoms with E-state index in [-0.39, 0.29) is 24.1 Å². The van der Waals surface area contributed by atoms with E-state index in [1.807, 2.05) is 85.8 Å². The maximum absolute atomic E-state index is 13.5. The SMILES string of the molecule is CCNC(=O)[C@H](Cc1ccccc1)N(Cc1ccccc1Cl)C(=O)CSc1ccccc1. The number of likely N-dealkylation sites (N-methyl/N-ethyl adjacent to an activating group) is 1. The van der Waals surface area contributed by atoms with Crippen molar-refractivity contribution in [1.29, 1.82) is 0 Å². The second-order valence-corrected chi connectivity index (χ2v) is 8.77. The fraction of sp³-hybridized carbons (Fsp3) is 0.231. The Morgan fingerprint density at radius 3 is 2.22 bits per heavy atom. The van der Waals surface area contributed by atoms with Crippen molar-refractivity contribution in [3.63, 3.8) is 0 Å². The van der Waals surface area contributed by atoms with E-state index in [2.05, 4.69) is 5.32 Å². The first-order chi connectivity index (χ1) is 15.6. The van der Waals surface area contributed by atoms with Gasteiger partial charge in [0, 0.05) is 29.4 Å². The van der Waals surface area contributed by atoms with Crippen molar-refractivity contribution in [3.8, 4) is 0 Å². The lowest BCUT2D eigenvalue weighted by atomic mass is 10.0. The third-order valence-corrected chi connectivity index (χ3v) is 6.39. The van der Waals surface area contributed by atoms with Gasteiger partial charge in [-0.15, -0.1) is 11.8 Å². The molecule has 0 saturated heterocycles. The second kappa shape index (κ2) is 12.3. The van der Waals surface area contributed by atoms with Gasteiger partial charge in [-0.3, -0.25) is 9.59 Å². The normalized spacial score (nSPS) is 11.6. The Bertz CT molecular complexity index is 1010. The number of halogens is 1. The summed E-state index contributed by atoms with van der Waals surface area (Å²) < 4.78 is 0. The van der Waals surface area contributed by atoms with Gasteiger partial charge in [-0.25, -0.2) is 0 Å². The van der Waals surface area contributed by atoms with Crippen LogP contribution in [0.4, 0.5) is 0 Å². The minimum Gasteiger partial charge on any atom is -0.355 e. The van der Waals surface area contributed by atoms with E-state index in [9.17, 15) is 9.59 Å². The Kier molecular flexibility index (Phi) is 9.20. The smallest absolute Gasteiger partial charge is 0.243 e. The minimum atomic E-state index is -0.641. The molecule has 2 amide bonds. The van der Waals surface area contributed by atoms with Crippen molar-refractivity contribution in [1.82, 2.24) is 10.2 Å². The van der Waals surface area contributed by atoms with Crippen LogP contribution in [-0.4, -0.2) is 35.1 Å². The third-order valence-electron chi connectivity index (χ3n) is 5.03. The van der Waals surface area contributed by atoms with Gasteiger partial charge in [0.15, 0.2) is 0 Å². The first-order valence-electron chi connectivity index (χ1n) is 10.6. The highest BCUT2D eigenvalue weighted by atomic mass is 35.5. The Balaban J connectivity index is 1.89. The van der Waals surface area contributed by atoms with Crippen molar-refractivity contribution >= 4 is 35.2 Å². The van der Waals surface area contributed by atoms with Gasteiger partial charge in [0.1, 0.15) is 6.04 Å². The molecule has 1 N–H and O–H groups in total. The number of nitrogens with one attached hydrogen (secondary N) is 1. The minimum absolute atomic E-state index is 0.106. The number of benzene rings is 3. The standard InChI is InChI=1S/C26H27ClN2O2S/c1-2-28-26(31)24(17-20-11-5-3-6-12-20)29(18-21-13-9-10-16-23(21)27)25(30)19-32-22-14-7-4-8-15-22/h3-16,24H,2,17-19H2,1H3,(H,28,31)/t24-/m0/s1. The van der Waals surface area contributed by atoms with E-state index >= 15 is 0 Å². The Hall–Kier alpha value is -2.76. The van der Waals surface area contributed by atoms with Crippen LogP contribution in [0.3, 0.4) is 0 Å². The van der Waals surface area contributed by atoms with Crippen molar-refractivity contribution in [2.75, 3.05) is 12.3 Å². The van der Waals surface area contributed by atoms with Crippen LogP contribution in [0.5, 0.6) is 0 Å². The van der Waals surface area contributed by atoms with Crippen LogP contribution in [0.1, 0.15) is 18.1 Å². The molecule has 0 aliphatic carbocycles. The summed E-state index contributed by atoms with van der Waals surface area (Å²) in [6.07, 6.45) is 0.429. The lowest BCUT2D eigenvalue weighted by Gasteiger charge is -2.31. The van der Waals surface area contributed by atoms with Gasteiger partial charge in [0.05, 0.1) is 5.75 Å². The first-order valence-corrected chi connectivity index (χ1v) is 12.0. The first kappa shape index (κ1) is 23.9. The lowest BCUT2D eigenvalue weighted by molar-refractivity contribution is -0.139. The van der Waals surface area contributed by atoms with Gasteiger partial charge >= 0.3 is 0 Å². The van der Waals surface area contributed by atoms with Crippen LogP contribution in [-0.2, 0) is 22.6 Å². The maximum atomic E-state index is 13.5. The topological polar surface area (TPSA) is 49.4 Å². The fourth-order valence-corrected chi connectivity index (χ4v) is 4.40. The zero-order chi connectivity index (χ0) is 22.8. The summed E-state index contributed by atoms with van der Waals surface area (Å²) >= 11 is 7.87. The molecule has 0 aromatic heterocycles. The number of hydrogen-bond donors (Lipinski definition) is 1. The number of hydrogen-bond acceptors (Lipinski definition) is 3. The number of amides is 2. The molecule has 3 rings (SSSR count). The summed E-state index contributed by atoms with van der Waals surface area (Å²) in [6, 6.07) is 26.4. The zero-order valence-corrected chi connectivity index (χ0v) is 19.6. The van der Waals surface area contributed by atoms with Crippen LogP contribution >= 0.6 is 23.4 Å². The van der Waals surface area contributed by atoms with Gasteiger partial charge in [0.25, 0.3) is 0 Å². The molecule has 4 nitrogen and oxygen atoms in total. The highest BCUT2D eigenvalue weighted by Crippen LogP contribution is 2.23. The van der Waals surface area contributed by atoms with E-state index in [0.717, 1.165) is 16.0 Å². The van der Waals surface area contributed by atoms with E-state index in [1.54, 1.807) is 11.0 Å². The Morgan fingerprint density at radius 2 is 1.56 bits per heavy atom. The van der Waals surface area contributed by atoms with Crippen LogP contribution in [0.15, 0.2) is 89.8 Å². The number of thioether (sulfide) groups is 1. The molecule has 0 aliphatic rings. The molecule has 1 atom stereocenters. The summed E-state index contributed by atoms with van der Waals surface area (Å²) in [5.41, 5.74) is 1.81. The molecule has 6 heteroatoms.